The first kappa shape index (κ1) is 7.05. The summed E-state index contributed by atoms with van der Waals surface area (Å²) < 4.78 is 0. The highest BCUT2D eigenvalue weighted by Crippen LogP contribution is 2.11. The predicted octanol–water partition coefficient (Wildman–Crippen LogP) is 0.626. The molecule has 1 rings (SSSR count). The molecular weight excluding hydrogens is 134 g/mol. The molecule has 56 valence electrons. The normalized spacial score (nSPS) is 23.7. The first-order valence-corrected chi connectivity index (χ1v) is 3.18. The van der Waals surface area contributed by atoms with Crippen LogP contribution >= 0.6 is 0 Å². The Morgan fingerprint density at radius 2 is 2.70 bits per heavy atom. The largest absolute Gasteiger partial charge is 0.478 e. The SMILES string of the molecule is CCC1=NO[C@H](C(=O)O)C1. The standard InChI is InChI=1S/C6H9NO3/c1-2-4-3-5(6(8)9)10-7-4/h5H,2-3H2,1H3,(H,8,9)/t5-/m0/s1. The van der Waals surface area contributed by atoms with Crippen molar-refractivity contribution in [1.82, 2.24) is 0 Å². The third kappa shape index (κ3) is 1.26. The zero-order valence-corrected chi connectivity index (χ0v) is 5.70. The highest BCUT2D eigenvalue weighted by molar-refractivity contribution is 5.90. The molecule has 1 heterocycles. The van der Waals surface area contributed by atoms with E-state index in [1.165, 1.54) is 0 Å². The molecule has 1 atom stereocenters. The molecule has 0 aromatic carbocycles. The molecule has 0 aliphatic carbocycles. The van der Waals surface area contributed by atoms with Gasteiger partial charge in [0.15, 0.2) is 0 Å². The van der Waals surface area contributed by atoms with Crippen LogP contribution in [0, 0.1) is 0 Å². The molecule has 0 saturated heterocycles. The van der Waals surface area contributed by atoms with Gasteiger partial charge in [-0.3, -0.25) is 0 Å². The fourth-order valence-electron chi connectivity index (χ4n) is 0.768. The quantitative estimate of drug-likeness (QED) is 0.616. The Balaban J connectivity index is 2.43. The Labute approximate surface area is 58.5 Å². The van der Waals surface area contributed by atoms with Gasteiger partial charge in [-0.05, 0) is 6.42 Å². The number of carboxylic acids is 1. The van der Waals surface area contributed by atoms with Crippen molar-refractivity contribution in [2.45, 2.75) is 25.9 Å². The second-order valence-electron chi connectivity index (χ2n) is 2.15. The molecular formula is C6H9NO3. The molecule has 4 heteroatoms. The lowest BCUT2D eigenvalue weighted by Gasteiger charge is -1.98. The third-order valence-electron chi connectivity index (χ3n) is 1.41. The number of aliphatic carboxylic acids is 1. The van der Waals surface area contributed by atoms with E-state index >= 15 is 0 Å². The Bertz CT molecular complexity index is 176. The van der Waals surface area contributed by atoms with Crippen molar-refractivity contribution < 1.29 is 14.7 Å². The maximum atomic E-state index is 10.3. The van der Waals surface area contributed by atoms with Gasteiger partial charge in [0.25, 0.3) is 0 Å². The third-order valence-corrected chi connectivity index (χ3v) is 1.41. The minimum absolute atomic E-state index is 0.436. The zero-order valence-electron chi connectivity index (χ0n) is 5.70. The average Bonchev–Trinajstić information content (AvgIpc) is 2.34. The van der Waals surface area contributed by atoms with Gasteiger partial charge in [0.05, 0.1) is 5.71 Å². The molecule has 0 unspecified atom stereocenters. The van der Waals surface area contributed by atoms with Gasteiger partial charge >= 0.3 is 5.97 Å². The molecule has 10 heavy (non-hydrogen) atoms. The monoisotopic (exact) mass is 143 g/mol. The van der Waals surface area contributed by atoms with Crippen molar-refractivity contribution >= 4 is 11.7 Å². The van der Waals surface area contributed by atoms with Gasteiger partial charge in [-0.15, -0.1) is 0 Å². The van der Waals surface area contributed by atoms with Crippen LogP contribution in [0.15, 0.2) is 5.16 Å². The van der Waals surface area contributed by atoms with Crippen LogP contribution in [0.3, 0.4) is 0 Å². The van der Waals surface area contributed by atoms with E-state index in [0.717, 1.165) is 12.1 Å². The number of carbonyl (C=O) groups is 1. The van der Waals surface area contributed by atoms with Gasteiger partial charge in [-0.25, -0.2) is 4.79 Å². The van der Waals surface area contributed by atoms with Crippen LogP contribution in [0.25, 0.3) is 0 Å². The number of rotatable bonds is 2. The van der Waals surface area contributed by atoms with Gasteiger partial charge in [0, 0.05) is 6.42 Å². The lowest BCUT2D eigenvalue weighted by atomic mass is 10.1. The predicted molar refractivity (Wildman–Crippen MR) is 34.9 cm³/mol. The maximum absolute atomic E-state index is 10.3. The Hall–Kier alpha value is -1.06. The highest BCUT2D eigenvalue weighted by Gasteiger charge is 2.26. The summed E-state index contributed by atoms with van der Waals surface area (Å²) in [6.07, 6.45) is 0.463. The molecule has 0 bridgehead atoms. The van der Waals surface area contributed by atoms with Crippen molar-refractivity contribution in [1.29, 1.82) is 0 Å². The van der Waals surface area contributed by atoms with Crippen LogP contribution in [-0.2, 0) is 9.63 Å². The Morgan fingerprint density at radius 3 is 3.00 bits per heavy atom. The second kappa shape index (κ2) is 2.68. The molecule has 1 aliphatic heterocycles. The van der Waals surface area contributed by atoms with Crippen LogP contribution in [0.1, 0.15) is 19.8 Å². The first-order chi connectivity index (χ1) is 4.74. The fourth-order valence-corrected chi connectivity index (χ4v) is 0.768. The molecule has 0 radical (unpaired) electrons. The Kier molecular flexibility index (Phi) is 1.89. The van der Waals surface area contributed by atoms with E-state index in [2.05, 4.69) is 9.99 Å². The van der Waals surface area contributed by atoms with Crippen molar-refractivity contribution in [3.05, 3.63) is 0 Å². The summed E-state index contributed by atoms with van der Waals surface area (Å²) in [5.74, 6) is -0.938. The van der Waals surface area contributed by atoms with E-state index in [-0.39, 0.29) is 0 Å². The summed E-state index contributed by atoms with van der Waals surface area (Å²) in [5.41, 5.74) is 0.826. The van der Waals surface area contributed by atoms with Crippen LogP contribution in [0.4, 0.5) is 0 Å². The molecule has 0 spiro atoms. The minimum atomic E-state index is -0.938. The van der Waals surface area contributed by atoms with Crippen LogP contribution in [0.2, 0.25) is 0 Å². The molecule has 0 saturated carbocycles. The molecule has 4 nitrogen and oxygen atoms in total. The number of oxime groups is 1. The lowest BCUT2D eigenvalue weighted by Crippen LogP contribution is -2.19. The second-order valence-corrected chi connectivity index (χ2v) is 2.15. The van der Waals surface area contributed by atoms with Crippen LogP contribution in [-0.4, -0.2) is 22.9 Å². The van der Waals surface area contributed by atoms with Crippen molar-refractivity contribution in [3.63, 3.8) is 0 Å². The lowest BCUT2D eigenvalue weighted by molar-refractivity contribution is -0.148. The average molecular weight is 143 g/mol. The molecule has 0 aromatic heterocycles. The summed E-state index contributed by atoms with van der Waals surface area (Å²) in [5, 5.41) is 12.0. The van der Waals surface area contributed by atoms with Crippen LogP contribution < -0.4 is 0 Å². The highest BCUT2D eigenvalue weighted by atomic mass is 16.7. The molecule has 0 amide bonds. The minimum Gasteiger partial charge on any atom is -0.478 e. The Morgan fingerprint density at radius 1 is 2.00 bits per heavy atom. The number of hydrogen-bond donors (Lipinski definition) is 1. The van der Waals surface area contributed by atoms with E-state index in [4.69, 9.17) is 5.11 Å². The van der Waals surface area contributed by atoms with Crippen LogP contribution in [0.5, 0.6) is 0 Å². The molecule has 0 fully saturated rings. The van der Waals surface area contributed by atoms with E-state index in [9.17, 15) is 4.79 Å². The molecule has 0 aromatic rings. The number of hydrogen-bond acceptors (Lipinski definition) is 3. The molecule has 1 N–H and O–H groups in total. The van der Waals surface area contributed by atoms with Crippen molar-refractivity contribution in [2.24, 2.45) is 5.16 Å². The fraction of sp³-hybridized carbons (Fsp3) is 0.667. The van der Waals surface area contributed by atoms with Crippen molar-refractivity contribution in [3.8, 4) is 0 Å². The van der Waals surface area contributed by atoms with Gasteiger partial charge < -0.3 is 9.94 Å². The summed E-state index contributed by atoms with van der Waals surface area (Å²) in [7, 11) is 0. The van der Waals surface area contributed by atoms with Gasteiger partial charge in [0.2, 0.25) is 6.10 Å². The van der Waals surface area contributed by atoms with Gasteiger partial charge in [-0.1, -0.05) is 12.1 Å². The summed E-state index contributed by atoms with van der Waals surface area (Å²) in [6.45, 7) is 1.92. The first-order valence-electron chi connectivity index (χ1n) is 3.18. The topological polar surface area (TPSA) is 58.9 Å². The van der Waals surface area contributed by atoms with E-state index in [0.29, 0.717) is 6.42 Å². The van der Waals surface area contributed by atoms with Gasteiger partial charge in [0.1, 0.15) is 0 Å². The summed E-state index contributed by atoms with van der Waals surface area (Å²) in [6, 6.07) is 0. The summed E-state index contributed by atoms with van der Waals surface area (Å²) >= 11 is 0. The molecule has 1 aliphatic rings. The van der Waals surface area contributed by atoms with E-state index in [1.54, 1.807) is 0 Å². The smallest absolute Gasteiger partial charge is 0.348 e. The van der Waals surface area contributed by atoms with E-state index < -0.39 is 12.1 Å². The maximum Gasteiger partial charge on any atom is 0.348 e. The summed E-state index contributed by atoms with van der Waals surface area (Å²) in [4.78, 5) is 14.9. The van der Waals surface area contributed by atoms with Gasteiger partial charge in [-0.2, -0.15) is 0 Å². The number of nitrogens with zero attached hydrogens (tertiary/aromatic N) is 1. The zero-order chi connectivity index (χ0) is 7.56. The van der Waals surface area contributed by atoms with Crippen molar-refractivity contribution in [2.75, 3.05) is 0 Å². The number of carboxylic acid groups (broad SMARTS) is 1. The van der Waals surface area contributed by atoms with E-state index in [1.807, 2.05) is 6.92 Å².